The molecule has 0 bridgehead atoms. The Hall–Kier alpha value is -4.07. The van der Waals surface area contributed by atoms with Gasteiger partial charge >= 0.3 is 0 Å². The fourth-order valence-electron chi connectivity index (χ4n) is 5.19. The lowest BCUT2D eigenvalue weighted by Crippen LogP contribution is -2.35. The normalized spacial score (nSPS) is 11.1. The van der Waals surface area contributed by atoms with Gasteiger partial charge in [-0.1, -0.05) is 0 Å². The molecule has 0 saturated heterocycles. The van der Waals surface area contributed by atoms with Crippen LogP contribution in [-0.4, -0.2) is 70.7 Å². The molecule has 208 valence electrons. The molecule has 0 radical (unpaired) electrons. The van der Waals surface area contributed by atoms with Crippen molar-refractivity contribution in [3.63, 3.8) is 0 Å². The Balaban J connectivity index is 2.41. The van der Waals surface area contributed by atoms with Crippen molar-refractivity contribution in [3.05, 3.63) is 36.4 Å². The maximum atomic E-state index is 6.09. The molecular formula is C31H41N4O4+. The minimum Gasteiger partial charge on any atom is -0.496 e. The highest BCUT2D eigenvalue weighted by Crippen LogP contribution is 2.51. The summed E-state index contributed by atoms with van der Waals surface area (Å²) >= 11 is 0. The SMILES string of the molecule is CC[n+]1c2cc(N(C)C)cc(OC)c2c(-c2c(OC)cc(N(C)C)cc2OC)c2c(OC)cc(N(C)C)cc21. The van der Waals surface area contributed by atoms with E-state index in [2.05, 4.69) is 45.6 Å². The molecule has 8 heteroatoms. The lowest BCUT2D eigenvalue weighted by atomic mass is 9.92. The van der Waals surface area contributed by atoms with Crippen LogP contribution in [-0.2, 0) is 6.54 Å². The van der Waals surface area contributed by atoms with Crippen LogP contribution in [0, 0.1) is 0 Å². The highest BCUT2D eigenvalue weighted by molar-refractivity contribution is 6.15. The molecule has 0 aliphatic carbocycles. The molecule has 0 N–H and O–H groups in total. The predicted octanol–water partition coefficient (Wildman–Crippen LogP) is 5.20. The van der Waals surface area contributed by atoms with Gasteiger partial charge < -0.3 is 33.6 Å². The van der Waals surface area contributed by atoms with Crippen molar-refractivity contribution in [2.75, 3.05) is 85.4 Å². The van der Waals surface area contributed by atoms with E-state index in [4.69, 9.17) is 18.9 Å². The van der Waals surface area contributed by atoms with Crippen molar-refractivity contribution >= 4 is 38.9 Å². The lowest BCUT2D eigenvalue weighted by Gasteiger charge is -2.23. The van der Waals surface area contributed by atoms with Gasteiger partial charge in [-0.3, -0.25) is 0 Å². The highest BCUT2D eigenvalue weighted by Gasteiger charge is 2.31. The van der Waals surface area contributed by atoms with E-state index in [1.807, 2.05) is 59.3 Å². The Kier molecular flexibility index (Phi) is 7.86. The monoisotopic (exact) mass is 533 g/mol. The fraction of sp³-hybridized carbons (Fsp3) is 0.387. The minimum absolute atomic E-state index is 0.701. The summed E-state index contributed by atoms with van der Waals surface area (Å²) in [4.78, 5) is 6.22. The zero-order valence-electron chi connectivity index (χ0n) is 25.1. The number of nitrogens with zero attached hydrogens (tertiary/aromatic N) is 4. The van der Waals surface area contributed by atoms with Crippen LogP contribution in [0.1, 0.15) is 6.92 Å². The zero-order chi connectivity index (χ0) is 28.6. The Bertz CT molecular complexity index is 1430. The van der Waals surface area contributed by atoms with E-state index in [0.29, 0.717) is 11.5 Å². The lowest BCUT2D eigenvalue weighted by molar-refractivity contribution is -0.641. The standard InChI is InChI=1S/C31H41N4O4/c1-12-35-22-13-19(32(2)3)15-24(36-8)28(22)31(29-23(35)14-20(33(4)5)16-25(29)37-9)30-26(38-10)17-21(34(6)7)18-27(30)39-11/h13-18H,12H2,1-11H3/q+1. The van der Waals surface area contributed by atoms with E-state index >= 15 is 0 Å². The Morgan fingerprint density at radius 3 is 1.15 bits per heavy atom. The molecule has 39 heavy (non-hydrogen) atoms. The molecule has 0 fully saturated rings. The summed E-state index contributed by atoms with van der Waals surface area (Å²) in [7, 11) is 19.0. The second-order valence-electron chi connectivity index (χ2n) is 10.1. The van der Waals surface area contributed by atoms with Crippen LogP contribution in [0.3, 0.4) is 0 Å². The summed E-state index contributed by atoms with van der Waals surface area (Å²) in [6.07, 6.45) is 0. The van der Waals surface area contributed by atoms with Crippen LogP contribution in [0.15, 0.2) is 36.4 Å². The van der Waals surface area contributed by atoms with Crippen molar-refractivity contribution in [1.29, 1.82) is 0 Å². The molecule has 0 saturated carbocycles. The molecule has 3 aromatic carbocycles. The molecule has 0 amide bonds. The summed E-state index contributed by atoms with van der Waals surface area (Å²) in [6.45, 7) is 2.91. The van der Waals surface area contributed by atoms with Gasteiger partial charge in [0.05, 0.1) is 44.8 Å². The third-order valence-electron chi connectivity index (χ3n) is 7.26. The number of hydrogen-bond acceptors (Lipinski definition) is 7. The summed E-state index contributed by atoms with van der Waals surface area (Å²) in [5, 5.41) is 1.92. The van der Waals surface area contributed by atoms with Gasteiger partial charge in [0.2, 0.25) is 11.0 Å². The van der Waals surface area contributed by atoms with E-state index in [1.165, 1.54) is 0 Å². The quantitative estimate of drug-likeness (QED) is 0.217. The average Bonchev–Trinajstić information content (AvgIpc) is 2.93. The molecule has 4 aromatic rings. The van der Waals surface area contributed by atoms with Crippen molar-refractivity contribution in [2.45, 2.75) is 13.5 Å². The van der Waals surface area contributed by atoms with Crippen LogP contribution >= 0.6 is 0 Å². The molecular weight excluding hydrogens is 492 g/mol. The van der Waals surface area contributed by atoms with Gasteiger partial charge in [-0.15, -0.1) is 0 Å². The molecule has 0 unspecified atom stereocenters. The molecule has 1 aromatic heterocycles. The van der Waals surface area contributed by atoms with Crippen molar-refractivity contribution in [2.24, 2.45) is 0 Å². The van der Waals surface area contributed by atoms with Crippen LogP contribution in [0.2, 0.25) is 0 Å². The number of anilines is 3. The van der Waals surface area contributed by atoms with Crippen molar-refractivity contribution < 1.29 is 23.5 Å². The summed E-state index contributed by atoms with van der Waals surface area (Å²) < 4.78 is 26.6. The molecule has 0 aliphatic heterocycles. The third-order valence-corrected chi connectivity index (χ3v) is 7.26. The number of ether oxygens (including phenoxy) is 4. The Labute approximate surface area is 231 Å². The first-order valence-electron chi connectivity index (χ1n) is 13.0. The molecule has 0 spiro atoms. The number of aryl methyl sites for hydroxylation is 1. The van der Waals surface area contributed by atoms with E-state index < -0.39 is 0 Å². The van der Waals surface area contributed by atoms with Crippen molar-refractivity contribution in [3.8, 4) is 34.1 Å². The first-order valence-corrected chi connectivity index (χ1v) is 13.0. The molecule has 1 heterocycles. The van der Waals surface area contributed by atoms with Gasteiger partial charge in [0.1, 0.15) is 29.5 Å². The van der Waals surface area contributed by atoms with Crippen LogP contribution < -0.4 is 38.2 Å². The minimum atomic E-state index is 0.701. The second-order valence-corrected chi connectivity index (χ2v) is 10.1. The van der Waals surface area contributed by atoms with Gasteiger partial charge in [-0.2, -0.15) is 4.57 Å². The smallest absolute Gasteiger partial charge is 0.219 e. The van der Waals surface area contributed by atoms with Gasteiger partial charge in [-0.25, -0.2) is 0 Å². The number of benzene rings is 3. The zero-order valence-corrected chi connectivity index (χ0v) is 25.1. The van der Waals surface area contributed by atoms with Gasteiger partial charge in [0, 0.05) is 101 Å². The van der Waals surface area contributed by atoms with Crippen molar-refractivity contribution in [1.82, 2.24) is 0 Å². The average molecular weight is 534 g/mol. The Morgan fingerprint density at radius 1 is 0.513 bits per heavy atom. The molecule has 4 rings (SSSR count). The molecule has 0 atom stereocenters. The number of rotatable bonds is 9. The maximum absolute atomic E-state index is 6.09. The second kappa shape index (κ2) is 11.0. The van der Waals surface area contributed by atoms with Crippen LogP contribution in [0.4, 0.5) is 17.1 Å². The first kappa shape index (κ1) is 28.0. The summed E-state index contributed by atoms with van der Waals surface area (Å²) in [5.74, 6) is 2.92. The number of fused-ring (bicyclic) bond motifs is 2. The largest absolute Gasteiger partial charge is 0.496 e. The van der Waals surface area contributed by atoms with E-state index in [0.717, 1.165) is 68.0 Å². The van der Waals surface area contributed by atoms with Crippen LogP contribution in [0.25, 0.3) is 32.9 Å². The van der Waals surface area contributed by atoms with Gasteiger partial charge in [0.15, 0.2) is 0 Å². The number of pyridine rings is 1. The van der Waals surface area contributed by atoms with Gasteiger partial charge in [0.25, 0.3) is 0 Å². The summed E-state index contributed by atoms with van der Waals surface area (Å²) in [6, 6.07) is 12.7. The number of hydrogen-bond donors (Lipinski definition) is 0. The van der Waals surface area contributed by atoms with Gasteiger partial charge in [-0.05, 0) is 6.92 Å². The number of methoxy groups -OCH3 is 4. The van der Waals surface area contributed by atoms with Crippen LogP contribution in [0.5, 0.6) is 23.0 Å². The Morgan fingerprint density at radius 2 is 0.846 bits per heavy atom. The van der Waals surface area contributed by atoms with E-state index in [1.54, 1.807) is 28.4 Å². The number of aromatic nitrogens is 1. The molecule has 0 aliphatic rings. The predicted molar refractivity (Wildman–Crippen MR) is 162 cm³/mol. The highest BCUT2D eigenvalue weighted by atomic mass is 16.5. The van der Waals surface area contributed by atoms with E-state index in [9.17, 15) is 0 Å². The first-order chi connectivity index (χ1) is 18.6. The fourth-order valence-corrected chi connectivity index (χ4v) is 5.19. The topological polar surface area (TPSA) is 50.5 Å². The molecule has 8 nitrogen and oxygen atoms in total. The van der Waals surface area contributed by atoms with E-state index in [-0.39, 0.29) is 0 Å². The third kappa shape index (κ3) is 4.68. The maximum Gasteiger partial charge on any atom is 0.219 e. The summed E-state index contributed by atoms with van der Waals surface area (Å²) in [5.41, 5.74) is 6.94.